The van der Waals surface area contributed by atoms with Crippen LogP contribution in [0.25, 0.3) is 0 Å². The summed E-state index contributed by atoms with van der Waals surface area (Å²) in [4.78, 5) is 31.5. The predicted molar refractivity (Wildman–Crippen MR) is 105 cm³/mol. The van der Waals surface area contributed by atoms with E-state index in [9.17, 15) is 18.4 Å². The summed E-state index contributed by atoms with van der Waals surface area (Å²) in [6.07, 6.45) is 3.93. The maximum absolute atomic E-state index is 14.9. The molecule has 0 saturated carbocycles. The molecule has 150 valence electrons. The number of nitrogens with zero attached hydrogens (tertiary/aromatic N) is 2. The third kappa shape index (κ3) is 3.30. The molecule has 4 rings (SSSR count). The van der Waals surface area contributed by atoms with E-state index in [-0.39, 0.29) is 29.1 Å². The standard InChI is InChI=1S/C22H21F2N3O2/c1-12(28)27-18-6-7-25-11-17(18)26-16-9-22(2,3)10-19(29)20(16)21(27)14-5-4-13(23)8-15(14)24/h4-8,11,21,26H,9-10H2,1-3H3. The van der Waals surface area contributed by atoms with Crippen LogP contribution in [0.2, 0.25) is 0 Å². The molecule has 0 saturated heterocycles. The van der Waals surface area contributed by atoms with Crippen LogP contribution >= 0.6 is 0 Å². The molecule has 0 fully saturated rings. The molecule has 29 heavy (non-hydrogen) atoms. The van der Waals surface area contributed by atoms with Crippen LogP contribution in [0.15, 0.2) is 47.9 Å². The molecule has 1 N–H and O–H groups in total. The fraction of sp³-hybridized carbons (Fsp3) is 0.318. The number of benzene rings is 1. The van der Waals surface area contributed by atoms with Gasteiger partial charge in [-0.1, -0.05) is 19.9 Å². The van der Waals surface area contributed by atoms with Gasteiger partial charge in [-0.05, 0) is 24.0 Å². The molecule has 1 aromatic heterocycles. The Balaban J connectivity index is 2.04. The topological polar surface area (TPSA) is 62.3 Å². The minimum absolute atomic E-state index is 0.0774. The smallest absolute Gasteiger partial charge is 0.224 e. The minimum atomic E-state index is -0.997. The predicted octanol–water partition coefficient (Wildman–Crippen LogP) is 4.52. The highest BCUT2D eigenvalue weighted by Crippen LogP contribution is 2.48. The summed E-state index contributed by atoms with van der Waals surface area (Å²) in [6.45, 7) is 5.34. The Hall–Kier alpha value is -3.09. The van der Waals surface area contributed by atoms with Gasteiger partial charge in [0.1, 0.15) is 11.6 Å². The average Bonchev–Trinajstić information content (AvgIpc) is 2.74. The zero-order valence-electron chi connectivity index (χ0n) is 16.4. The Morgan fingerprint density at radius 2 is 2.00 bits per heavy atom. The number of hydrogen-bond donors (Lipinski definition) is 1. The first-order valence-electron chi connectivity index (χ1n) is 9.40. The normalized spacial score (nSPS) is 20.5. The van der Waals surface area contributed by atoms with Crippen molar-refractivity contribution in [1.82, 2.24) is 4.98 Å². The lowest BCUT2D eigenvalue weighted by Gasteiger charge is -2.36. The summed E-state index contributed by atoms with van der Waals surface area (Å²) in [7, 11) is 0. The second-order valence-corrected chi connectivity index (χ2v) is 8.31. The SMILES string of the molecule is CC(=O)N1c2ccncc2NC2=C(C(=O)CC(C)(C)C2)C1c1ccc(F)cc1F. The molecule has 1 aromatic carbocycles. The summed E-state index contributed by atoms with van der Waals surface area (Å²) in [5.74, 6) is -2.05. The molecule has 1 aliphatic heterocycles. The number of aromatic nitrogens is 1. The molecule has 7 heteroatoms. The zero-order valence-corrected chi connectivity index (χ0v) is 16.4. The Bertz CT molecular complexity index is 1060. The fourth-order valence-electron chi connectivity index (χ4n) is 4.26. The molecule has 2 aromatic rings. The molecule has 1 aliphatic carbocycles. The maximum Gasteiger partial charge on any atom is 0.224 e. The van der Waals surface area contributed by atoms with Crippen LogP contribution < -0.4 is 10.2 Å². The zero-order chi connectivity index (χ0) is 20.9. The molecular weight excluding hydrogens is 376 g/mol. The van der Waals surface area contributed by atoms with E-state index >= 15 is 0 Å². The fourth-order valence-corrected chi connectivity index (χ4v) is 4.26. The lowest BCUT2D eigenvalue weighted by Crippen LogP contribution is -2.38. The molecule has 1 amide bonds. The van der Waals surface area contributed by atoms with Crippen LogP contribution in [0.1, 0.15) is 45.2 Å². The molecular formula is C22H21F2N3O2. The van der Waals surface area contributed by atoms with Gasteiger partial charge >= 0.3 is 0 Å². The average molecular weight is 397 g/mol. The van der Waals surface area contributed by atoms with Crippen LogP contribution in [-0.2, 0) is 9.59 Å². The van der Waals surface area contributed by atoms with Crippen LogP contribution in [0, 0.1) is 17.0 Å². The number of carbonyl (C=O) groups is 2. The van der Waals surface area contributed by atoms with Crippen LogP contribution in [-0.4, -0.2) is 16.7 Å². The third-order valence-electron chi connectivity index (χ3n) is 5.39. The number of halogens is 2. The number of nitrogens with one attached hydrogen (secondary N) is 1. The van der Waals surface area contributed by atoms with Gasteiger partial charge in [0.15, 0.2) is 5.78 Å². The third-order valence-corrected chi connectivity index (χ3v) is 5.39. The highest BCUT2D eigenvalue weighted by molar-refractivity contribution is 6.05. The molecule has 0 radical (unpaired) electrons. The first-order chi connectivity index (χ1) is 13.7. The van der Waals surface area contributed by atoms with Crippen molar-refractivity contribution in [3.63, 3.8) is 0 Å². The van der Waals surface area contributed by atoms with Crippen LogP contribution in [0.5, 0.6) is 0 Å². The lowest BCUT2D eigenvalue weighted by molar-refractivity contribution is -0.118. The van der Waals surface area contributed by atoms with Gasteiger partial charge < -0.3 is 5.32 Å². The number of anilines is 2. The van der Waals surface area contributed by atoms with E-state index in [4.69, 9.17) is 0 Å². The number of fused-ring (bicyclic) bond motifs is 1. The van der Waals surface area contributed by atoms with Crippen molar-refractivity contribution >= 4 is 23.1 Å². The van der Waals surface area contributed by atoms with E-state index in [1.165, 1.54) is 24.1 Å². The first kappa shape index (κ1) is 19.2. The maximum atomic E-state index is 14.9. The lowest BCUT2D eigenvalue weighted by atomic mass is 9.73. The largest absolute Gasteiger partial charge is 0.356 e. The summed E-state index contributed by atoms with van der Waals surface area (Å²) in [5, 5.41) is 3.27. The number of hydrogen-bond acceptors (Lipinski definition) is 4. The molecule has 1 atom stereocenters. The van der Waals surface area contributed by atoms with Gasteiger partial charge in [0.25, 0.3) is 0 Å². The van der Waals surface area contributed by atoms with Crippen molar-refractivity contribution < 1.29 is 18.4 Å². The van der Waals surface area contributed by atoms with Gasteiger partial charge in [-0.25, -0.2) is 8.78 Å². The molecule has 0 bridgehead atoms. The molecule has 2 aliphatic rings. The quantitative estimate of drug-likeness (QED) is 0.768. The molecule has 2 heterocycles. The molecule has 1 unspecified atom stereocenters. The number of rotatable bonds is 1. The highest BCUT2D eigenvalue weighted by Gasteiger charge is 2.43. The number of carbonyl (C=O) groups excluding carboxylic acids is 2. The number of pyridine rings is 1. The van der Waals surface area contributed by atoms with Crippen molar-refractivity contribution in [3.8, 4) is 0 Å². The highest BCUT2D eigenvalue weighted by atomic mass is 19.1. The summed E-state index contributed by atoms with van der Waals surface area (Å²) in [5.41, 5.74) is 1.81. The van der Waals surface area contributed by atoms with Gasteiger partial charge in [-0.15, -0.1) is 0 Å². The van der Waals surface area contributed by atoms with Crippen molar-refractivity contribution in [2.24, 2.45) is 5.41 Å². The van der Waals surface area contributed by atoms with Crippen molar-refractivity contribution in [2.45, 2.75) is 39.7 Å². The van der Waals surface area contributed by atoms with Gasteiger partial charge in [-0.3, -0.25) is 19.5 Å². The molecule has 5 nitrogen and oxygen atoms in total. The van der Waals surface area contributed by atoms with Crippen LogP contribution in [0.3, 0.4) is 0 Å². The molecule has 0 spiro atoms. The van der Waals surface area contributed by atoms with E-state index in [2.05, 4.69) is 10.3 Å². The van der Waals surface area contributed by atoms with Gasteiger partial charge in [0, 0.05) is 42.4 Å². The van der Waals surface area contributed by atoms with Gasteiger partial charge in [0.2, 0.25) is 5.91 Å². The minimum Gasteiger partial charge on any atom is -0.356 e. The second-order valence-electron chi connectivity index (χ2n) is 8.31. The van der Waals surface area contributed by atoms with Crippen molar-refractivity contribution in [1.29, 1.82) is 0 Å². The number of Topliss-reactive ketones (excluding diaryl/α,β-unsaturated/α-hetero) is 1. The summed E-state index contributed by atoms with van der Waals surface area (Å²) < 4.78 is 28.5. The number of ketones is 1. The van der Waals surface area contributed by atoms with Gasteiger partial charge in [-0.2, -0.15) is 0 Å². The number of allylic oxidation sites excluding steroid dienone is 1. The van der Waals surface area contributed by atoms with Crippen molar-refractivity contribution in [2.75, 3.05) is 10.2 Å². The summed E-state index contributed by atoms with van der Waals surface area (Å²) >= 11 is 0. The van der Waals surface area contributed by atoms with E-state index in [0.29, 0.717) is 29.1 Å². The Morgan fingerprint density at radius 1 is 1.24 bits per heavy atom. The Labute approximate surface area is 167 Å². The van der Waals surface area contributed by atoms with E-state index in [1.807, 2.05) is 13.8 Å². The van der Waals surface area contributed by atoms with Crippen LogP contribution in [0.4, 0.5) is 20.2 Å². The second kappa shape index (κ2) is 6.76. The Kier molecular flexibility index (Phi) is 4.48. The Morgan fingerprint density at radius 3 is 2.69 bits per heavy atom. The van der Waals surface area contributed by atoms with Crippen molar-refractivity contribution in [3.05, 3.63) is 65.1 Å². The van der Waals surface area contributed by atoms with Gasteiger partial charge in [0.05, 0.1) is 23.6 Å². The van der Waals surface area contributed by atoms with E-state index in [0.717, 1.165) is 12.1 Å². The monoisotopic (exact) mass is 397 g/mol. The first-order valence-corrected chi connectivity index (χ1v) is 9.40. The van der Waals surface area contributed by atoms with E-state index in [1.54, 1.807) is 12.3 Å². The van der Waals surface area contributed by atoms with E-state index < -0.39 is 17.7 Å². The number of amides is 1. The summed E-state index contributed by atoms with van der Waals surface area (Å²) in [6, 6.07) is 3.86.